The molecule has 0 atom stereocenters. The van der Waals surface area contributed by atoms with E-state index in [9.17, 15) is 4.79 Å². The van der Waals surface area contributed by atoms with E-state index in [1.807, 2.05) is 24.3 Å². The highest BCUT2D eigenvalue weighted by Gasteiger charge is 2.07. The molecule has 2 rings (SSSR count). The maximum Gasteiger partial charge on any atom is 0.309 e. The van der Waals surface area contributed by atoms with Gasteiger partial charge in [-0.15, -0.1) is 11.3 Å². The monoisotopic (exact) mass is 297 g/mol. The summed E-state index contributed by atoms with van der Waals surface area (Å²) < 4.78 is 1.01. The lowest BCUT2D eigenvalue weighted by molar-refractivity contribution is -0.136. The van der Waals surface area contributed by atoms with Crippen molar-refractivity contribution in [1.82, 2.24) is 4.98 Å². The number of hydrogen-bond acceptors (Lipinski definition) is 3. The van der Waals surface area contributed by atoms with E-state index in [0.717, 1.165) is 15.0 Å². The van der Waals surface area contributed by atoms with Crippen LogP contribution in [-0.4, -0.2) is 16.1 Å². The van der Waals surface area contributed by atoms with Crippen LogP contribution < -0.4 is 0 Å². The summed E-state index contributed by atoms with van der Waals surface area (Å²) in [6.45, 7) is 0. The third-order valence-corrected chi connectivity index (χ3v) is 3.44. The second kappa shape index (κ2) is 4.76. The van der Waals surface area contributed by atoms with Crippen molar-refractivity contribution in [3.63, 3.8) is 0 Å². The molecule has 0 fully saturated rings. The van der Waals surface area contributed by atoms with Crippen LogP contribution in [0.1, 0.15) is 5.69 Å². The average molecular weight is 298 g/mol. The van der Waals surface area contributed by atoms with E-state index in [-0.39, 0.29) is 6.42 Å². The molecular weight excluding hydrogens is 290 g/mol. The molecule has 0 radical (unpaired) electrons. The first-order chi connectivity index (χ1) is 7.65. The third kappa shape index (κ3) is 2.68. The fraction of sp³-hybridized carbons (Fsp3) is 0.0909. The van der Waals surface area contributed by atoms with E-state index in [2.05, 4.69) is 20.9 Å². The second-order valence-corrected chi connectivity index (χ2v) is 5.00. The minimum atomic E-state index is -0.854. The highest BCUT2D eigenvalue weighted by atomic mass is 79.9. The number of benzene rings is 1. The predicted molar refractivity (Wildman–Crippen MR) is 66.6 cm³/mol. The number of aliphatic carboxylic acids is 1. The molecule has 16 heavy (non-hydrogen) atoms. The van der Waals surface area contributed by atoms with Crippen LogP contribution in [0, 0.1) is 0 Å². The number of aromatic nitrogens is 1. The lowest BCUT2D eigenvalue weighted by Crippen LogP contribution is -1.99. The molecule has 0 saturated heterocycles. The molecular formula is C11H8BrNO2S. The van der Waals surface area contributed by atoms with Crippen LogP contribution in [-0.2, 0) is 11.2 Å². The molecule has 1 heterocycles. The van der Waals surface area contributed by atoms with Crippen LogP contribution in [0.3, 0.4) is 0 Å². The van der Waals surface area contributed by atoms with Gasteiger partial charge in [0.2, 0.25) is 0 Å². The molecule has 0 aliphatic carbocycles. The van der Waals surface area contributed by atoms with Gasteiger partial charge in [-0.3, -0.25) is 4.79 Å². The predicted octanol–water partition coefficient (Wildman–Crippen LogP) is 3.20. The third-order valence-electron chi connectivity index (χ3n) is 1.98. The summed E-state index contributed by atoms with van der Waals surface area (Å²) in [5.74, 6) is -0.854. The summed E-state index contributed by atoms with van der Waals surface area (Å²) in [6, 6.07) is 7.78. The lowest BCUT2D eigenvalue weighted by atomic mass is 10.2. The minimum Gasteiger partial charge on any atom is -0.481 e. The SMILES string of the molecule is O=C(O)Cc1csc(-c2ccc(Br)cc2)n1. The molecule has 0 aliphatic rings. The first kappa shape index (κ1) is 11.3. The van der Waals surface area contributed by atoms with E-state index in [1.165, 1.54) is 11.3 Å². The number of nitrogens with zero attached hydrogens (tertiary/aromatic N) is 1. The van der Waals surface area contributed by atoms with Crippen molar-refractivity contribution in [2.45, 2.75) is 6.42 Å². The van der Waals surface area contributed by atoms with Crippen LogP contribution >= 0.6 is 27.3 Å². The quantitative estimate of drug-likeness (QED) is 0.946. The molecule has 5 heteroatoms. The Morgan fingerprint density at radius 3 is 2.69 bits per heavy atom. The topological polar surface area (TPSA) is 50.2 Å². The van der Waals surface area contributed by atoms with Gasteiger partial charge < -0.3 is 5.11 Å². The van der Waals surface area contributed by atoms with E-state index in [1.54, 1.807) is 5.38 Å². The van der Waals surface area contributed by atoms with Crippen molar-refractivity contribution in [2.75, 3.05) is 0 Å². The maximum absolute atomic E-state index is 10.5. The molecule has 0 spiro atoms. The van der Waals surface area contributed by atoms with Crippen LogP contribution in [0.2, 0.25) is 0 Å². The van der Waals surface area contributed by atoms with Crippen molar-refractivity contribution in [3.05, 3.63) is 39.8 Å². The van der Waals surface area contributed by atoms with Crippen molar-refractivity contribution >= 4 is 33.2 Å². The number of hydrogen-bond donors (Lipinski definition) is 1. The Labute approximate surface area is 105 Å². The largest absolute Gasteiger partial charge is 0.481 e. The highest BCUT2D eigenvalue weighted by molar-refractivity contribution is 9.10. The minimum absolute atomic E-state index is 0.0208. The van der Waals surface area contributed by atoms with Gasteiger partial charge in [0, 0.05) is 15.4 Å². The fourth-order valence-corrected chi connectivity index (χ4v) is 2.36. The van der Waals surface area contributed by atoms with E-state index >= 15 is 0 Å². The normalized spacial score (nSPS) is 10.3. The van der Waals surface area contributed by atoms with Crippen molar-refractivity contribution < 1.29 is 9.90 Å². The van der Waals surface area contributed by atoms with Gasteiger partial charge in [0.05, 0.1) is 12.1 Å². The van der Waals surface area contributed by atoms with E-state index in [4.69, 9.17) is 5.11 Å². The zero-order valence-corrected chi connectivity index (χ0v) is 10.6. The number of rotatable bonds is 3. The molecule has 0 saturated carbocycles. The van der Waals surface area contributed by atoms with Crippen LogP contribution in [0.5, 0.6) is 0 Å². The fourth-order valence-electron chi connectivity index (χ4n) is 1.27. The standard InChI is InChI=1S/C11H8BrNO2S/c12-8-3-1-7(2-4-8)11-13-9(6-16-11)5-10(14)15/h1-4,6H,5H2,(H,14,15). The Morgan fingerprint density at radius 2 is 2.06 bits per heavy atom. The molecule has 1 aromatic carbocycles. The molecule has 0 unspecified atom stereocenters. The average Bonchev–Trinajstić information content (AvgIpc) is 2.66. The van der Waals surface area contributed by atoms with Gasteiger partial charge in [0.15, 0.2) is 0 Å². The summed E-state index contributed by atoms with van der Waals surface area (Å²) in [6.07, 6.45) is -0.0208. The van der Waals surface area contributed by atoms with Gasteiger partial charge in [-0.1, -0.05) is 28.1 Å². The van der Waals surface area contributed by atoms with Crippen LogP contribution in [0.15, 0.2) is 34.1 Å². The number of carbonyl (C=O) groups is 1. The molecule has 3 nitrogen and oxygen atoms in total. The Kier molecular flexibility index (Phi) is 3.36. The maximum atomic E-state index is 10.5. The smallest absolute Gasteiger partial charge is 0.309 e. The number of carboxylic acids is 1. The van der Waals surface area contributed by atoms with Gasteiger partial charge in [-0.05, 0) is 12.1 Å². The summed E-state index contributed by atoms with van der Waals surface area (Å²) in [7, 11) is 0. The first-order valence-corrected chi connectivity index (χ1v) is 6.24. The molecule has 2 aromatic rings. The number of halogens is 1. The van der Waals surface area contributed by atoms with Gasteiger partial charge in [-0.2, -0.15) is 0 Å². The second-order valence-electron chi connectivity index (χ2n) is 3.22. The Balaban J connectivity index is 2.24. The number of carboxylic acid groups (broad SMARTS) is 1. The van der Waals surface area contributed by atoms with Gasteiger partial charge in [-0.25, -0.2) is 4.98 Å². The summed E-state index contributed by atoms with van der Waals surface area (Å²) in [5, 5.41) is 11.3. The van der Waals surface area contributed by atoms with E-state index in [0.29, 0.717) is 5.69 Å². The van der Waals surface area contributed by atoms with Crippen LogP contribution in [0.4, 0.5) is 0 Å². The molecule has 82 valence electrons. The lowest BCUT2D eigenvalue weighted by Gasteiger charge is -1.95. The van der Waals surface area contributed by atoms with Gasteiger partial charge in [0.1, 0.15) is 5.01 Å². The zero-order valence-electron chi connectivity index (χ0n) is 8.18. The zero-order chi connectivity index (χ0) is 11.5. The van der Waals surface area contributed by atoms with Crippen LogP contribution in [0.25, 0.3) is 10.6 Å². The summed E-state index contributed by atoms with van der Waals surface area (Å²) in [5.41, 5.74) is 1.61. The Morgan fingerprint density at radius 1 is 1.38 bits per heavy atom. The molecule has 0 bridgehead atoms. The number of thiazole rings is 1. The highest BCUT2D eigenvalue weighted by Crippen LogP contribution is 2.25. The summed E-state index contributed by atoms with van der Waals surface area (Å²) >= 11 is 4.82. The molecule has 1 aromatic heterocycles. The van der Waals surface area contributed by atoms with Gasteiger partial charge in [0.25, 0.3) is 0 Å². The van der Waals surface area contributed by atoms with Crippen molar-refractivity contribution in [3.8, 4) is 10.6 Å². The Bertz CT molecular complexity index is 507. The van der Waals surface area contributed by atoms with E-state index < -0.39 is 5.97 Å². The molecule has 0 aliphatic heterocycles. The molecule has 1 N–H and O–H groups in total. The summed E-state index contributed by atoms with van der Waals surface area (Å²) in [4.78, 5) is 14.8. The van der Waals surface area contributed by atoms with Gasteiger partial charge >= 0.3 is 5.97 Å². The first-order valence-electron chi connectivity index (χ1n) is 4.57. The molecule has 0 amide bonds. The Hall–Kier alpha value is -1.20. The van der Waals surface area contributed by atoms with Crippen molar-refractivity contribution in [2.24, 2.45) is 0 Å². The van der Waals surface area contributed by atoms with Crippen molar-refractivity contribution in [1.29, 1.82) is 0 Å².